The highest BCUT2D eigenvalue weighted by Gasteiger charge is 2.46. The van der Waals surface area contributed by atoms with Crippen LogP contribution in [0.15, 0.2) is 82.0 Å². The third-order valence-electron chi connectivity index (χ3n) is 6.34. The van der Waals surface area contributed by atoms with E-state index in [1.807, 2.05) is 42.5 Å². The van der Waals surface area contributed by atoms with Gasteiger partial charge in [-0.25, -0.2) is 4.79 Å². The highest BCUT2D eigenvalue weighted by molar-refractivity contribution is 6.32. The molecule has 0 saturated heterocycles. The molecule has 0 saturated carbocycles. The largest absolute Gasteiger partial charge is 0.475 e. The van der Waals surface area contributed by atoms with Crippen LogP contribution in [0.3, 0.4) is 0 Å². The Kier molecular flexibility index (Phi) is 6.24. The summed E-state index contributed by atoms with van der Waals surface area (Å²) in [7, 11) is 0. The molecule has 2 N–H and O–H groups in total. The van der Waals surface area contributed by atoms with Gasteiger partial charge in [0.05, 0.1) is 16.1 Å². The smallest absolute Gasteiger partial charge is 0.371 e. The zero-order valence-electron chi connectivity index (χ0n) is 19.1. The molecule has 0 aliphatic carbocycles. The van der Waals surface area contributed by atoms with Gasteiger partial charge in [0, 0.05) is 18.1 Å². The van der Waals surface area contributed by atoms with Crippen molar-refractivity contribution in [2.45, 2.75) is 31.3 Å². The molecule has 0 bridgehead atoms. The second kappa shape index (κ2) is 9.51. The first kappa shape index (κ1) is 23.6. The summed E-state index contributed by atoms with van der Waals surface area (Å²) in [5, 5.41) is 12.7. The number of anilines is 1. The van der Waals surface area contributed by atoms with Crippen LogP contribution in [0, 0.1) is 0 Å². The number of nitrogens with one attached hydrogen (secondary N) is 1. The normalized spacial score (nSPS) is 16.4. The second-order valence-electron chi connectivity index (χ2n) is 8.76. The minimum Gasteiger partial charge on any atom is -0.475 e. The Hall–Kier alpha value is -4.10. The van der Waals surface area contributed by atoms with Gasteiger partial charge in [0.1, 0.15) is 5.75 Å². The quantitative estimate of drug-likeness (QED) is 0.346. The Balaban J connectivity index is 1.48. The summed E-state index contributed by atoms with van der Waals surface area (Å²) in [6, 6.07) is 21.0. The molecular formula is C28H22ClNO6. The van der Waals surface area contributed by atoms with Crippen LogP contribution in [-0.4, -0.2) is 22.6 Å². The molecule has 4 aromatic rings. The maximum Gasteiger partial charge on any atom is 0.371 e. The summed E-state index contributed by atoms with van der Waals surface area (Å²) >= 11 is 6.37. The molecule has 182 valence electrons. The maximum absolute atomic E-state index is 13.8. The number of benzene rings is 3. The van der Waals surface area contributed by atoms with Crippen LogP contribution >= 0.6 is 11.6 Å². The van der Waals surface area contributed by atoms with Gasteiger partial charge in [0.25, 0.3) is 5.91 Å². The summed E-state index contributed by atoms with van der Waals surface area (Å²) in [4.78, 5) is 37.7. The molecule has 7 nitrogen and oxygen atoms in total. The number of amides is 1. The minimum atomic E-state index is -1.38. The van der Waals surface area contributed by atoms with Crippen LogP contribution in [0.4, 0.5) is 5.69 Å². The van der Waals surface area contributed by atoms with E-state index >= 15 is 0 Å². The molecule has 0 radical (unpaired) electrons. The van der Waals surface area contributed by atoms with Gasteiger partial charge in [-0.1, -0.05) is 60.1 Å². The summed E-state index contributed by atoms with van der Waals surface area (Å²) < 4.78 is 11.7. The topological polar surface area (TPSA) is 106 Å². The maximum atomic E-state index is 13.8. The first-order valence-electron chi connectivity index (χ1n) is 11.5. The van der Waals surface area contributed by atoms with Crippen molar-refractivity contribution in [3.05, 3.63) is 105 Å². The molecule has 3 aromatic carbocycles. The van der Waals surface area contributed by atoms with Crippen molar-refractivity contribution < 1.29 is 23.8 Å². The van der Waals surface area contributed by atoms with Crippen molar-refractivity contribution in [2.24, 2.45) is 0 Å². The van der Waals surface area contributed by atoms with Crippen LogP contribution in [-0.2, 0) is 17.6 Å². The van der Waals surface area contributed by atoms with E-state index < -0.39 is 28.7 Å². The van der Waals surface area contributed by atoms with Crippen molar-refractivity contribution >= 4 is 40.1 Å². The fourth-order valence-electron chi connectivity index (χ4n) is 4.57. The number of ether oxygens (including phenoxy) is 1. The number of rotatable bonds is 7. The first-order chi connectivity index (χ1) is 17.4. The van der Waals surface area contributed by atoms with E-state index in [0.29, 0.717) is 30.0 Å². The number of para-hydroxylation sites is 2. The molecular weight excluding hydrogens is 482 g/mol. The van der Waals surface area contributed by atoms with E-state index in [9.17, 15) is 19.5 Å². The van der Waals surface area contributed by atoms with E-state index in [4.69, 9.17) is 20.8 Å². The average molecular weight is 504 g/mol. The standard InChI is InChI=1S/C28H22ClNO6/c29-20-12-4-10-18-16-28(36-24(18)20,14-6-9-17-7-2-1-3-8-17)27(34)30-21-13-5-11-19-22(31)15-23(26(32)33)35-25(19)21/h1-5,7-8,10-13,15H,6,9,14,16H2,(H,30,34)(H,32,33). The summed E-state index contributed by atoms with van der Waals surface area (Å²) in [6.07, 6.45) is 2.16. The molecule has 1 aliphatic heterocycles. The highest BCUT2D eigenvalue weighted by atomic mass is 35.5. The van der Waals surface area contributed by atoms with Crippen molar-refractivity contribution in [3.63, 3.8) is 0 Å². The Morgan fingerprint density at radius 1 is 1.03 bits per heavy atom. The molecule has 8 heteroatoms. The predicted octanol–water partition coefficient (Wildman–Crippen LogP) is 5.48. The molecule has 0 spiro atoms. The van der Waals surface area contributed by atoms with E-state index in [2.05, 4.69) is 5.32 Å². The second-order valence-corrected chi connectivity index (χ2v) is 9.16. The lowest BCUT2D eigenvalue weighted by Gasteiger charge is -2.28. The monoisotopic (exact) mass is 503 g/mol. The lowest BCUT2D eigenvalue weighted by atomic mass is 9.89. The summed E-state index contributed by atoms with van der Waals surface area (Å²) in [5.41, 5.74) is 0.399. The molecule has 1 atom stereocenters. The molecule has 5 rings (SSSR count). The summed E-state index contributed by atoms with van der Waals surface area (Å²) in [6.45, 7) is 0. The van der Waals surface area contributed by atoms with Crippen molar-refractivity contribution in [3.8, 4) is 5.75 Å². The Morgan fingerprint density at radius 2 is 1.81 bits per heavy atom. The number of aromatic carboxylic acids is 1. The van der Waals surface area contributed by atoms with Gasteiger partial charge >= 0.3 is 5.97 Å². The number of fused-ring (bicyclic) bond motifs is 2. The van der Waals surface area contributed by atoms with Gasteiger partial charge < -0.3 is 19.6 Å². The number of hydrogen-bond donors (Lipinski definition) is 2. The highest BCUT2D eigenvalue weighted by Crippen LogP contribution is 2.43. The Labute approximate surface area is 211 Å². The molecule has 1 amide bonds. The number of carbonyl (C=O) groups is 2. The van der Waals surface area contributed by atoms with E-state index in [1.165, 1.54) is 6.07 Å². The third-order valence-corrected chi connectivity index (χ3v) is 6.64. The zero-order valence-corrected chi connectivity index (χ0v) is 19.9. The predicted molar refractivity (Wildman–Crippen MR) is 136 cm³/mol. The molecule has 36 heavy (non-hydrogen) atoms. The number of carbonyl (C=O) groups excluding carboxylic acids is 1. The van der Waals surface area contributed by atoms with Crippen LogP contribution in [0.25, 0.3) is 11.0 Å². The fourth-order valence-corrected chi connectivity index (χ4v) is 4.80. The molecule has 2 heterocycles. The van der Waals surface area contributed by atoms with Crippen molar-refractivity contribution in [1.29, 1.82) is 0 Å². The van der Waals surface area contributed by atoms with Crippen LogP contribution in [0.5, 0.6) is 5.75 Å². The van der Waals surface area contributed by atoms with Gasteiger partial charge in [-0.15, -0.1) is 0 Å². The fraction of sp³-hybridized carbons (Fsp3) is 0.179. The minimum absolute atomic E-state index is 0.0104. The van der Waals surface area contributed by atoms with Gasteiger partial charge in [0.2, 0.25) is 5.76 Å². The van der Waals surface area contributed by atoms with Crippen LogP contribution in [0.2, 0.25) is 5.02 Å². The molecule has 1 aliphatic rings. The molecule has 0 fully saturated rings. The molecule has 1 unspecified atom stereocenters. The Bertz CT molecular complexity index is 1530. The van der Waals surface area contributed by atoms with Gasteiger partial charge in [-0.2, -0.15) is 0 Å². The SMILES string of the molecule is O=C(O)c1cc(=O)c2cccc(NC(=O)C3(CCCc4ccccc4)Cc4cccc(Cl)c4O3)c2o1. The average Bonchev–Trinajstić information content (AvgIpc) is 3.26. The lowest BCUT2D eigenvalue weighted by Crippen LogP contribution is -2.47. The number of aryl methyl sites for hydroxylation is 1. The van der Waals surface area contributed by atoms with Gasteiger partial charge in [-0.3, -0.25) is 9.59 Å². The van der Waals surface area contributed by atoms with Crippen molar-refractivity contribution in [1.82, 2.24) is 0 Å². The van der Waals surface area contributed by atoms with Gasteiger partial charge in [0.15, 0.2) is 16.6 Å². The lowest BCUT2D eigenvalue weighted by molar-refractivity contribution is -0.130. The van der Waals surface area contributed by atoms with Crippen LogP contribution < -0.4 is 15.5 Å². The third kappa shape index (κ3) is 4.45. The van der Waals surface area contributed by atoms with E-state index in [1.54, 1.807) is 18.2 Å². The van der Waals surface area contributed by atoms with E-state index in [-0.39, 0.29) is 16.7 Å². The number of carboxylic acids is 1. The van der Waals surface area contributed by atoms with Crippen LogP contribution in [0.1, 0.15) is 34.5 Å². The number of carboxylic acid groups (broad SMARTS) is 1. The molecule has 1 aromatic heterocycles. The first-order valence-corrected chi connectivity index (χ1v) is 11.9. The number of hydrogen-bond acceptors (Lipinski definition) is 5. The van der Waals surface area contributed by atoms with Crippen molar-refractivity contribution in [2.75, 3.05) is 5.32 Å². The summed E-state index contributed by atoms with van der Waals surface area (Å²) in [5.74, 6) is -1.84. The van der Waals surface area contributed by atoms with E-state index in [0.717, 1.165) is 23.6 Å². The van der Waals surface area contributed by atoms with Gasteiger partial charge in [-0.05, 0) is 43.0 Å². The number of halogens is 1. The zero-order chi connectivity index (χ0) is 25.3. The Morgan fingerprint density at radius 3 is 2.56 bits per heavy atom.